The molecule has 0 saturated heterocycles. The van der Waals surface area contributed by atoms with Gasteiger partial charge in [0.2, 0.25) is 5.91 Å². The zero-order chi connectivity index (χ0) is 16.1. The first-order valence-corrected chi connectivity index (χ1v) is 7.54. The summed E-state index contributed by atoms with van der Waals surface area (Å²) in [5.74, 6) is -0.167. The fraction of sp³-hybridized carbons (Fsp3) is 0.200. The minimum absolute atomic E-state index is 0.0614. The first kappa shape index (κ1) is 16.0. The van der Waals surface area contributed by atoms with E-state index in [-0.39, 0.29) is 17.4 Å². The number of aryl methyl sites for hydroxylation is 1. The van der Waals surface area contributed by atoms with Gasteiger partial charge in [0.25, 0.3) is 0 Å². The van der Waals surface area contributed by atoms with E-state index in [2.05, 4.69) is 15.3 Å². The second-order valence-corrected chi connectivity index (χ2v) is 5.68. The first-order chi connectivity index (χ1) is 10.4. The monoisotopic (exact) mass is 317 g/mol. The van der Waals surface area contributed by atoms with Crippen LogP contribution < -0.4 is 11.0 Å². The van der Waals surface area contributed by atoms with Crippen molar-refractivity contribution in [3.63, 3.8) is 0 Å². The number of nitrogens with zero attached hydrogens (tertiary/aromatic N) is 1. The molecule has 0 saturated carbocycles. The number of hydrogen-bond donors (Lipinski definition) is 2. The highest BCUT2D eigenvalue weighted by Crippen LogP contribution is 2.16. The van der Waals surface area contributed by atoms with Crippen molar-refractivity contribution in [1.82, 2.24) is 9.97 Å². The molecule has 0 aliphatic heterocycles. The van der Waals surface area contributed by atoms with E-state index >= 15 is 0 Å². The summed E-state index contributed by atoms with van der Waals surface area (Å²) in [4.78, 5) is 40.8. The quantitative estimate of drug-likeness (QED) is 0.500. The molecule has 0 unspecified atom stereocenters. The van der Waals surface area contributed by atoms with E-state index in [4.69, 9.17) is 0 Å². The molecule has 1 aromatic carbocycles. The van der Waals surface area contributed by atoms with E-state index < -0.39 is 5.69 Å². The highest BCUT2D eigenvalue weighted by molar-refractivity contribution is 7.99. The Morgan fingerprint density at radius 2 is 2.09 bits per heavy atom. The molecule has 1 heterocycles. The number of carbonyl (C=O) groups is 2. The molecule has 0 spiro atoms. The van der Waals surface area contributed by atoms with Crippen LogP contribution in [0.1, 0.15) is 23.0 Å². The van der Waals surface area contributed by atoms with Crippen LogP contribution in [-0.4, -0.2) is 27.4 Å². The number of aromatic nitrogens is 2. The number of ketones is 1. The van der Waals surface area contributed by atoms with Gasteiger partial charge in [0.1, 0.15) is 5.03 Å². The summed E-state index contributed by atoms with van der Waals surface area (Å²) in [5, 5.41) is 3.21. The Morgan fingerprint density at radius 1 is 1.32 bits per heavy atom. The normalized spacial score (nSPS) is 10.3. The molecule has 6 nitrogen and oxygen atoms in total. The highest BCUT2D eigenvalue weighted by atomic mass is 32.2. The zero-order valence-electron chi connectivity index (χ0n) is 12.2. The Morgan fingerprint density at radius 3 is 2.77 bits per heavy atom. The summed E-state index contributed by atoms with van der Waals surface area (Å²) < 4.78 is 0. The van der Waals surface area contributed by atoms with Crippen molar-refractivity contribution in [1.29, 1.82) is 0 Å². The Kier molecular flexibility index (Phi) is 5.11. The molecule has 114 valence electrons. The maximum atomic E-state index is 11.9. The molecular formula is C15H15N3O3S. The summed E-state index contributed by atoms with van der Waals surface area (Å²) >= 11 is 1.18. The zero-order valence-corrected chi connectivity index (χ0v) is 13.0. The molecular weight excluding hydrogens is 302 g/mol. The Hall–Kier alpha value is -2.41. The van der Waals surface area contributed by atoms with Crippen LogP contribution >= 0.6 is 11.8 Å². The second-order valence-electron chi connectivity index (χ2n) is 4.68. The molecule has 2 rings (SSSR count). The van der Waals surface area contributed by atoms with E-state index in [9.17, 15) is 14.4 Å². The lowest BCUT2D eigenvalue weighted by atomic mass is 10.1. The molecule has 2 N–H and O–H groups in total. The lowest BCUT2D eigenvalue weighted by Gasteiger charge is -2.06. The Labute approximate surface area is 131 Å². The van der Waals surface area contributed by atoms with Gasteiger partial charge in [-0.3, -0.25) is 9.59 Å². The average Bonchev–Trinajstić information content (AvgIpc) is 2.44. The maximum absolute atomic E-state index is 11.9. The lowest BCUT2D eigenvalue weighted by Crippen LogP contribution is -2.16. The third kappa shape index (κ3) is 4.56. The lowest BCUT2D eigenvalue weighted by molar-refractivity contribution is -0.113. The van der Waals surface area contributed by atoms with Crippen LogP contribution in [0.4, 0.5) is 5.69 Å². The van der Waals surface area contributed by atoms with Crippen molar-refractivity contribution in [2.45, 2.75) is 18.9 Å². The van der Waals surface area contributed by atoms with Crippen molar-refractivity contribution < 1.29 is 9.59 Å². The van der Waals surface area contributed by atoms with Crippen molar-refractivity contribution in [3.8, 4) is 0 Å². The SMILES string of the molecule is CC(=O)c1cccc(NC(=O)CSc2cc(C)[nH]c(=O)n2)c1. The van der Waals surface area contributed by atoms with Gasteiger partial charge in [0.15, 0.2) is 5.78 Å². The summed E-state index contributed by atoms with van der Waals surface area (Å²) in [7, 11) is 0. The third-order valence-corrected chi connectivity index (χ3v) is 3.67. The molecule has 0 fully saturated rings. The average molecular weight is 317 g/mol. The highest BCUT2D eigenvalue weighted by Gasteiger charge is 2.07. The van der Waals surface area contributed by atoms with Gasteiger partial charge in [-0.05, 0) is 32.0 Å². The largest absolute Gasteiger partial charge is 0.346 e. The van der Waals surface area contributed by atoms with Crippen LogP contribution in [0.3, 0.4) is 0 Å². The van der Waals surface area contributed by atoms with Crippen molar-refractivity contribution in [2.24, 2.45) is 0 Å². The number of aromatic amines is 1. The number of H-pyrrole nitrogens is 1. The number of rotatable bonds is 5. The fourth-order valence-electron chi connectivity index (χ4n) is 1.78. The summed E-state index contributed by atoms with van der Waals surface area (Å²) in [6.07, 6.45) is 0. The summed E-state index contributed by atoms with van der Waals surface area (Å²) in [6, 6.07) is 8.44. The van der Waals surface area contributed by atoms with Gasteiger partial charge in [-0.2, -0.15) is 4.98 Å². The number of Topliss-reactive ketones (excluding diaryl/α,β-unsaturated/α-hetero) is 1. The molecule has 1 aromatic heterocycles. The number of nitrogens with one attached hydrogen (secondary N) is 2. The molecule has 2 aromatic rings. The van der Waals surface area contributed by atoms with E-state index in [1.165, 1.54) is 18.7 Å². The Bertz CT molecular complexity index is 771. The molecule has 0 atom stereocenters. The minimum Gasteiger partial charge on any atom is -0.325 e. The number of amides is 1. The predicted octanol–water partition coefficient (Wildman–Crippen LogP) is 2.01. The van der Waals surface area contributed by atoms with Gasteiger partial charge >= 0.3 is 5.69 Å². The first-order valence-electron chi connectivity index (χ1n) is 6.55. The van der Waals surface area contributed by atoms with Crippen molar-refractivity contribution >= 4 is 29.1 Å². The van der Waals surface area contributed by atoms with Crippen molar-refractivity contribution in [2.75, 3.05) is 11.1 Å². The standard InChI is InChI=1S/C15H15N3O3S/c1-9-6-14(18-15(21)16-9)22-8-13(20)17-12-5-3-4-11(7-12)10(2)19/h3-7H,8H2,1-2H3,(H,17,20)(H,16,18,21). The molecule has 22 heavy (non-hydrogen) atoms. The number of benzene rings is 1. The van der Waals surface area contributed by atoms with Crippen LogP contribution in [0.25, 0.3) is 0 Å². The number of thioether (sulfide) groups is 1. The van der Waals surface area contributed by atoms with E-state index in [1.807, 2.05) is 0 Å². The number of carbonyl (C=O) groups excluding carboxylic acids is 2. The van der Waals surface area contributed by atoms with Crippen LogP contribution in [-0.2, 0) is 4.79 Å². The van der Waals surface area contributed by atoms with Crippen LogP contribution in [0, 0.1) is 6.92 Å². The molecule has 0 bridgehead atoms. The van der Waals surface area contributed by atoms with E-state index in [0.717, 1.165) is 0 Å². The van der Waals surface area contributed by atoms with Gasteiger partial charge in [0, 0.05) is 16.9 Å². The number of hydrogen-bond acceptors (Lipinski definition) is 5. The molecule has 0 aliphatic rings. The molecule has 0 aliphatic carbocycles. The van der Waals surface area contributed by atoms with E-state index in [1.54, 1.807) is 37.3 Å². The van der Waals surface area contributed by atoms with Gasteiger partial charge < -0.3 is 10.3 Å². The van der Waals surface area contributed by atoms with Gasteiger partial charge in [-0.25, -0.2) is 4.79 Å². The molecule has 1 amide bonds. The van der Waals surface area contributed by atoms with Crippen molar-refractivity contribution in [3.05, 3.63) is 52.1 Å². The van der Waals surface area contributed by atoms with Gasteiger partial charge in [-0.15, -0.1) is 0 Å². The fourth-order valence-corrected chi connectivity index (χ4v) is 2.54. The van der Waals surface area contributed by atoms with E-state index in [0.29, 0.717) is 22.0 Å². The van der Waals surface area contributed by atoms with Crippen LogP contribution in [0.5, 0.6) is 0 Å². The molecule has 7 heteroatoms. The Balaban J connectivity index is 1.97. The minimum atomic E-state index is -0.433. The molecule has 0 radical (unpaired) electrons. The van der Waals surface area contributed by atoms with Crippen LogP contribution in [0.15, 0.2) is 40.2 Å². The van der Waals surface area contributed by atoms with Gasteiger partial charge in [-0.1, -0.05) is 23.9 Å². The third-order valence-electron chi connectivity index (χ3n) is 2.76. The van der Waals surface area contributed by atoms with Gasteiger partial charge in [0.05, 0.1) is 5.75 Å². The maximum Gasteiger partial charge on any atom is 0.346 e. The summed E-state index contributed by atoms with van der Waals surface area (Å²) in [5.41, 5.74) is 1.36. The smallest absolute Gasteiger partial charge is 0.325 e. The summed E-state index contributed by atoms with van der Waals surface area (Å²) in [6.45, 7) is 3.22. The van der Waals surface area contributed by atoms with Crippen LogP contribution in [0.2, 0.25) is 0 Å². The second kappa shape index (κ2) is 7.04. The topological polar surface area (TPSA) is 91.9 Å². The number of anilines is 1. The predicted molar refractivity (Wildman–Crippen MR) is 85.4 cm³/mol.